The lowest BCUT2D eigenvalue weighted by molar-refractivity contribution is 0.416. The van der Waals surface area contributed by atoms with E-state index in [0.717, 1.165) is 24.3 Å². The van der Waals surface area contributed by atoms with Gasteiger partial charge in [-0.15, -0.1) is 0 Å². The van der Waals surface area contributed by atoms with Gasteiger partial charge >= 0.3 is 0 Å². The van der Waals surface area contributed by atoms with Crippen LogP contribution < -0.4 is 5.32 Å². The molecule has 0 saturated heterocycles. The Hall–Kier alpha value is -0.820. The van der Waals surface area contributed by atoms with Gasteiger partial charge in [-0.05, 0) is 74.1 Å². The van der Waals surface area contributed by atoms with Gasteiger partial charge in [-0.1, -0.05) is 31.5 Å². The van der Waals surface area contributed by atoms with E-state index < -0.39 is 0 Å². The Labute approximate surface area is 117 Å². The van der Waals surface area contributed by atoms with Crippen molar-refractivity contribution in [1.29, 1.82) is 0 Å². The summed E-state index contributed by atoms with van der Waals surface area (Å²) in [4.78, 5) is 0. The molecular weight excluding hydrogens is 230 g/mol. The van der Waals surface area contributed by atoms with Gasteiger partial charge < -0.3 is 5.32 Å². The largest absolute Gasteiger partial charge is 0.310 e. The summed E-state index contributed by atoms with van der Waals surface area (Å²) >= 11 is 0. The highest BCUT2D eigenvalue weighted by Gasteiger charge is 2.56. The van der Waals surface area contributed by atoms with Gasteiger partial charge in [-0.3, -0.25) is 0 Å². The smallest absolute Gasteiger partial charge is 0.0356 e. The molecule has 2 aliphatic rings. The van der Waals surface area contributed by atoms with Crippen molar-refractivity contribution < 1.29 is 0 Å². The van der Waals surface area contributed by atoms with Crippen molar-refractivity contribution in [2.75, 3.05) is 6.54 Å². The van der Waals surface area contributed by atoms with Crippen molar-refractivity contribution in [1.82, 2.24) is 5.32 Å². The maximum atomic E-state index is 3.84. The molecule has 1 nitrogen and oxygen atoms in total. The van der Waals surface area contributed by atoms with Gasteiger partial charge in [-0.2, -0.15) is 0 Å². The monoisotopic (exact) mass is 257 g/mol. The standard InChI is InChI=1S/C18H27N/c1-4-11-19-18(17-15-9-6-10-16(15)17)14-8-5-7-12(2)13(14)3/h5,7-8,15-19H,4,6,9-11H2,1-3H3. The molecular formula is C18H27N. The van der Waals surface area contributed by atoms with Crippen molar-refractivity contribution in [3.05, 3.63) is 34.9 Å². The summed E-state index contributed by atoms with van der Waals surface area (Å²) in [5.74, 6) is 2.96. The van der Waals surface area contributed by atoms with Gasteiger partial charge in [0.15, 0.2) is 0 Å². The molecule has 0 bridgehead atoms. The van der Waals surface area contributed by atoms with E-state index in [1.54, 1.807) is 5.56 Å². The van der Waals surface area contributed by atoms with Crippen molar-refractivity contribution in [2.45, 2.75) is 52.5 Å². The maximum Gasteiger partial charge on any atom is 0.0356 e. The van der Waals surface area contributed by atoms with Crippen LogP contribution in [0.1, 0.15) is 55.3 Å². The third-order valence-electron chi connectivity index (χ3n) is 5.45. The summed E-state index contributed by atoms with van der Waals surface area (Å²) < 4.78 is 0. The van der Waals surface area contributed by atoms with Crippen molar-refractivity contribution in [3.8, 4) is 0 Å². The molecule has 0 heterocycles. The molecule has 3 unspecified atom stereocenters. The van der Waals surface area contributed by atoms with Crippen LogP contribution in [-0.2, 0) is 0 Å². The number of hydrogen-bond donors (Lipinski definition) is 1. The topological polar surface area (TPSA) is 12.0 Å². The molecule has 104 valence electrons. The molecule has 0 radical (unpaired) electrons. The molecule has 2 aliphatic carbocycles. The molecule has 2 saturated carbocycles. The number of aryl methyl sites for hydroxylation is 1. The second kappa shape index (κ2) is 5.28. The summed E-state index contributed by atoms with van der Waals surface area (Å²) in [6.07, 6.45) is 5.65. The number of nitrogens with one attached hydrogen (secondary N) is 1. The van der Waals surface area contributed by atoms with E-state index in [1.165, 1.54) is 36.8 Å². The van der Waals surface area contributed by atoms with E-state index >= 15 is 0 Å². The van der Waals surface area contributed by atoms with Gasteiger partial charge in [0.05, 0.1) is 0 Å². The zero-order chi connectivity index (χ0) is 13.4. The lowest BCUT2D eigenvalue weighted by Gasteiger charge is -2.23. The summed E-state index contributed by atoms with van der Waals surface area (Å²) in [7, 11) is 0. The molecule has 0 aliphatic heterocycles. The highest BCUT2D eigenvalue weighted by atomic mass is 14.9. The Morgan fingerprint density at radius 2 is 1.95 bits per heavy atom. The third-order valence-corrected chi connectivity index (χ3v) is 5.45. The second-order valence-electron chi connectivity index (χ2n) is 6.56. The second-order valence-corrected chi connectivity index (χ2v) is 6.56. The Morgan fingerprint density at radius 3 is 2.63 bits per heavy atom. The Bertz CT molecular complexity index is 441. The average molecular weight is 257 g/mol. The Balaban J connectivity index is 1.84. The van der Waals surface area contributed by atoms with Crippen LogP contribution in [0.2, 0.25) is 0 Å². The molecule has 0 aromatic heterocycles. The summed E-state index contributed by atoms with van der Waals surface area (Å²) in [5, 5.41) is 3.84. The Morgan fingerprint density at radius 1 is 1.21 bits per heavy atom. The van der Waals surface area contributed by atoms with Gasteiger partial charge in [0.2, 0.25) is 0 Å². The van der Waals surface area contributed by atoms with Crippen LogP contribution in [0.25, 0.3) is 0 Å². The highest BCUT2D eigenvalue weighted by Crippen LogP contribution is 2.62. The quantitative estimate of drug-likeness (QED) is 0.825. The molecule has 2 fully saturated rings. The summed E-state index contributed by atoms with van der Waals surface area (Å²) in [6, 6.07) is 7.43. The van der Waals surface area contributed by atoms with E-state index in [2.05, 4.69) is 44.3 Å². The number of fused-ring (bicyclic) bond motifs is 1. The molecule has 19 heavy (non-hydrogen) atoms. The van der Waals surface area contributed by atoms with Gasteiger partial charge in [-0.25, -0.2) is 0 Å². The molecule has 1 heteroatoms. The third kappa shape index (κ3) is 2.33. The van der Waals surface area contributed by atoms with E-state index in [4.69, 9.17) is 0 Å². The van der Waals surface area contributed by atoms with Gasteiger partial charge in [0.1, 0.15) is 0 Å². The molecule has 0 spiro atoms. The fraction of sp³-hybridized carbons (Fsp3) is 0.667. The van der Waals surface area contributed by atoms with Crippen LogP contribution in [0.4, 0.5) is 0 Å². The van der Waals surface area contributed by atoms with Crippen molar-refractivity contribution in [2.24, 2.45) is 17.8 Å². The number of benzene rings is 1. The average Bonchev–Trinajstić information content (AvgIpc) is 2.87. The lowest BCUT2D eigenvalue weighted by atomic mass is 9.91. The van der Waals surface area contributed by atoms with E-state index in [0.29, 0.717) is 6.04 Å². The maximum absolute atomic E-state index is 3.84. The minimum absolute atomic E-state index is 0.607. The lowest BCUT2D eigenvalue weighted by Crippen LogP contribution is -2.26. The minimum atomic E-state index is 0.607. The first-order chi connectivity index (χ1) is 9.24. The predicted octanol–water partition coefficient (Wildman–Crippen LogP) is 4.39. The zero-order valence-electron chi connectivity index (χ0n) is 12.6. The van der Waals surface area contributed by atoms with Crippen LogP contribution in [-0.4, -0.2) is 6.54 Å². The van der Waals surface area contributed by atoms with Crippen molar-refractivity contribution in [3.63, 3.8) is 0 Å². The fourth-order valence-corrected chi connectivity index (χ4v) is 4.24. The van der Waals surface area contributed by atoms with Crippen molar-refractivity contribution >= 4 is 0 Å². The first-order valence-electron chi connectivity index (χ1n) is 8.03. The van der Waals surface area contributed by atoms with Crippen LogP contribution in [0, 0.1) is 31.6 Å². The summed E-state index contributed by atoms with van der Waals surface area (Å²) in [6.45, 7) is 7.95. The molecule has 1 N–H and O–H groups in total. The fourth-order valence-electron chi connectivity index (χ4n) is 4.24. The Kier molecular flexibility index (Phi) is 3.66. The van der Waals surface area contributed by atoms with E-state index in [9.17, 15) is 0 Å². The molecule has 3 rings (SSSR count). The normalized spacial score (nSPS) is 30.2. The zero-order valence-corrected chi connectivity index (χ0v) is 12.6. The van der Waals surface area contributed by atoms with Crippen LogP contribution in [0.5, 0.6) is 0 Å². The SMILES string of the molecule is CCCNC(c1cccc(C)c1C)C1C2CCCC21. The predicted molar refractivity (Wildman–Crippen MR) is 81.3 cm³/mol. The van der Waals surface area contributed by atoms with Gasteiger partial charge in [0.25, 0.3) is 0 Å². The molecule has 1 aromatic rings. The highest BCUT2D eigenvalue weighted by molar-refractivity contribution is 5.37. The first-order valence-corrected chi connectivity index (χ1v) is 8.03. The van der Waals surface area contributed by atoms with E-state index in [-0.39, 0.29) is 0 Å². The first kappa shape index (κ1) is 13.2. The minimum Gasteiger partial charge on any atom is -0.310 e. The van der Waals surface area contributed by atoms with Gasteiger partial charge in [0, 0.05) is 6.04 Å². The molecule has 3 atom stereocenters. The van der Waals surface area contributed by atoms with E-state index in [1.807, 2.05) is 0 Å². The number of hydrogen-bond acceptors (Lipinski definition) is 1. The van der Waals surface area contributed by atoms with Crippen LogP contribution in [0.3, 0.4) is 0 Å². The van der Waals surface area contributed by atoms with Crippen LogP contribution in [0.15, 0.2) is 18.2 Å². The molecule has 1 aromatic carbocycles. The van der Waals surface area contributed by atoms with Crippen LogP contribution >= 0.6 is 0 Å². The summed E-state index contributed by atoms with van der Waals surface area (Å²) in [5.41, 5.74) is 4.50. The number of rotatable bonds is 5. The molecule has 0 amide bonds.